The molecule has 0 unspecified atom stereocenters. The summed E-state index contributed by atoms with van der Waals surface area (Å²) >= 11 is 0. The van der Waals surface area contributed by atoms with Gasteiger partial charge in [-0.05, 0) is 38.7 Å². The van der Waals surface area contributed by atoms with Crippen LogP contribution in [0.15, 0.2) is 12.3 Å². The van der Waals surface area contributed by atoms with E-state index in [1.54, 1.807) is 0 Å². The van der Waals surface area contributed by atoms with Crippen molar-refractivity contribution in [3.8, 4) is 0 Å². The molecule has 2 aliphatic heterocycles. The smallest absolute Gasteiger partial charge is 0.225 e. The maximum absolute atomic E-state index is 5.85. The Balaban J connectivity index is 1.32. The van der Waals surface area contributed by atoms with Crippen LogP contribution in [0.25, 0.3) is 0 Å². The molecule has 4 atom stereocenters. The van der Waals surface area contributed by atoms with E-state index in [0.29, 0.717) is 0 Å². The Bertz CT molecular complexity index is 623. The van der Waals surface area contributed by atoms with Crippen molar-refractivity contribution in [2.45, 2.75) is 71.2 Å². The molecule has 6 nitrogen and oxygen atoms in total. The number of morpholine rings is 1. The Labute approximate surface area is 170 Å². The fraction of sp³-hybridized carbons (Fsp3) is 0.818. The summed E-state index contributed by atoms with van der Waals surface area (Å²) in [4.78, 5) is 17.0. The van der Waals surface area contributed by atoms with Crippen LogP contribution in [0.2, 0.25) is 0 Å². The van der Waals surface area contributed by atoms with Crippen LogP contribution in [0.4, 0.5) is 5.95 Å². The summed E-state index contributed by atoms with van der Waals surface area (Å²) < 4.78 is 5.85. The molecule has 0 amide bonds. The van der Waals surface area contributed by atoms with Gasteiger partial charge in [0.1, 0.15) is 0 Å². The van der Waals surface area contributed by atoms with Gasteiger partial charge in [-0.3, -0.25) is 9.80 Å². The van der Waals surface area contributed by atoms with Crippen molar-refractivity contribution < 1.29 is 4.74 Å². The first kappa shape index (κ1) is 20.0. The molecule has 1 aromatic rings. The van der Waals surface area contributed by atoms with E-state index in [2.05, 4.69) is 46.5 Å². The average molecular weight is 388 g/mol. The van der Waals surface area contributed by atoms with Crippen LogP contribution < -0.4 is 4.90 Å². The lowest BCUT2D eigenvalue weighted by molar-refractivity contribution is -0.00574. The quantitative estimate of drug-likeness (QED) is 0.792. The first-order chi connectivity index (χ1) is 13.6. The van der Waals surface area contributed by atoms with Gasteiger partial charge in [0.05, 0.1) is 17.9 Å². The van der Waals surface area contributed by atoms with E-state index in [1.807, 2.05) is 6.20 Å². The summed E-state index contributed by atoms with van der Waals surface area (Å²) in [6, 6.07) is 2.89. The zero-order valence-electron chi connectivity index (χ0n) is 17.9. The molecule has 1 aliphatic carbocycles. The number of hydrogen-bond acceptors (Lipinski definition) is 6. The Kier molecular flexibility index (Phi) is 6.48. The van der Waals surface area contributed by atoms with Gasteiger partial charge in [-0.15, -0.1) is 0 Å². The normalized spacial score (nSPS) is 33.2. The number of ether oxygens (including phenoxy) is 1. The summed E-state index contributed by atoms with van der Waals surface area (Å²) in [6.07, 6.45) is 8.02. The molecule has 0 radical (unpaired) electrons. The summed E-state index contributed by atoms with van der Waals surface area (Å²) in [7, 11) is 0. The zero-order valence-corrected chi connectivity index (χ0v) is 17.9. The van der Waals surface area contributed by atoms with Gasteiger partial charge < -0.3 is 9.64 Å². The van der Waals surface area contributed by atoms with E-state index in [9.17, 15) is 0 Å². The highest BCUT2D eigenvalue weighted by Crippen LogP contribution is 2.29. The molecule has 3 fully saturated rings. The third-order valence-electron chi connectivity index (χ3n) is 6.73. The Morgan fingerprint density at radius 1 is 1.00 bits per heavy atom. The average Bonchev–Trinajstić information content (AvgIpc) is 2.69. The van der Waals surface area contributed by atoms with Gasteiger partial charge in [0.2, 0.25) is 5.95 Å². The Morgan fingerprint density at radius 3 is 2.43 bits per heavy atom. The van der Waals surface area contributed by atoms with Crippen molar-refractivity contribution in [1.29, 1.82) is 0 Å². The molecule has 3 aliphatic rings. The van der Waals surface area contributed by atoms with Crippen LogP contribution in [-0.4, -0.2) is 77.3 Å². The SMILES string of the molecule is C[C@@H]1CN(c2nccc(CN3CCN([C@@H]4CCCC[C@H]4C)CC3)n2)C[C@@H](C)O1. The fourth-order valence-corrected chi connectivity index (χ4v) is 5.29. The van der Waals surface area contributed by atoms with Crippen molar-refractivity contribution in [2.24, 2.45) is 5.92 Å². The van der Waals surface area contributed by atoms with E-state index >= 15 is 0 Å². The van der Waals surface area contributed by atoms with Gasteiger partial charge in [0.25, 0.3) is 0 Å². The minimum atomic E-state index is 0.228. The summed E-state index contributed by atoms with van der Waals surface area (Å²) in [5, 5.41) is 0. The summed E-state index contributed by atoms with van der Waals surface area (Å²) in [6.45, 7) is 14.1. The zero-order chi connectivity index (χ0) is 19.5. The molecule has 28 heavy (non-hydrogen) atoms. The molecule has 1 saturated carbocycles. The van der Waals surface area contributed by atoms with Crippen LogP contribution in [0.5, 0.6) is 0 Å². The lowest BCUT2D eigenvalue weighted by Crippen LogP contribution is -2.52. The molecular formula is C22H37N5O. The molecule has 0 bridgehead atoms. The molecule has 0 spiro atoms. The second-order valence-corrected chi connectivity index (χ2v) is 9.15. The number of piperazine rings is 1. The maximum Gasteiger partial charge on any atom is 0.225 e. The van der Waals surface area contributed by atoms with Crippen molar-refractivity contribution in [1.82, 2.24) is 19.8 Å². The number of nitrogens with zero attached hydrogens (tertiary/aromatic N) is 5. The first-order valence-corrected chi connectivity index (χ1v) is 11.3. The highest BCUT2D eigenvalue weighted by atomic mass is 16.5. The first-order valence-electron chi connectivity index (χ1n) is 11.3. The van der Waals surface area contributed by atoms with E-state index < -0.39 is 0 Å². The number of aromatic nitrogens is 2. The molecule has 0 N–H and O–H groups in total. The molecule has 4 rings (SSSR count). The predicted octanol–water partition coefficient (Wildman–Crippen LogP) is 2.79. The largest absolute Gasteiger partial charge is 0.372 e. The van der Waals surface area contributed by atoms with Crippen LogP contribution in [0, 0.1) is 5.92 Å². The third-order valence-corrected chi connectivity index (χ3v) is 6.73. The second kappa shape index (κ2) is 9.06. The van der Waals surface area contributed by atoms with E-state index in [4.69, 9.17) is 9.72 Å². The minimum absolute atomic E-state index is 0.228. The number of rotatable bonds is 4. The molecule has 1 aromatic heterocycles. The van der Waals surface area contributed by atoms with Crippen molar-refractivity contribution in [3.05, 3.63) is 18.0 Å². The van der Waals surface area contributed by atoms with Gasteiger partial charge in [-0.2, -0.15) is 0 Å². The Morgan fingerprint density at radius 2 is 1.71 bits per heavy atom. The molecule has 0 aromatic carbocycles. The monoisotopic (exact) mass is 387 g/mol. The van der Waals surface area contributed by atoms with Gasteiger partial charge in [0, 0.05) is 58.1 Å². The van der Waals surface area contributed by atoms with Crippen LogP contribution in [0.1, 0.15) is 52.1 Å². The lowest BCUT2D eigenvalue weighted by Gasteiger charge is -2.43. The Hall–Kier alpha value is -1.24. The topological polar surface area (TPSA) is 44.7 Å². The highest BCUT2D eigenvalue weighted by molar-refractivity contribution is 5.31. The van der Waals surface area contributed by atoms with Crippen molar-refractivity contribution in [3.63, 3.8) is 0 Å². The van der Waals surface area contributed by atoms with Crippen LogP contribution in [-0.2, 0) is 11.3 Å². The van der Waals surface area contributed by atoms with Gasteiger partial charge in [-0.1, -0.05) is 19.8 Å². The fourth-order valence-electron chi connectivity index (χ4n) is 5.29. The van der Waals surface area contributed by atoms with Crippen LogP contribution >= 0.6 is 0 Å². The molecular weight excluding hydrogens is 350 g/mol. The molecule has 2 saturated heterocycles. The van der Waals surface area contributed by atoms with Crippen molar-refractivity contribution >= 4 is 5.95 Å². The highest BCUT2D eigenvalue weighted by Gasteiger charge is 2.30. The lowest BCUT2D eigenvalue weighted by atomic mass is 9.84. The van der Waals surface area contributed by atoms with Gasteiger partial charge in [-0.25, -0.2) is 9.97 Å². The number of anilines is 1. The van der Waals surface area contributed by atoms with E-state index in [-0.39, 0.29) is 12.2 Å². The summed E-state index contributed by atoms with van der Waals surface area (Å²) in [5.74, 6) is 1.72. The molecule has 6 heteroatoms. The second-order valence-electron chi connectivity index (χ2n) is 9.15. The molecule has 156 valence electrons. The van der Waals surface area contributed by atoms with Crippen LogP contribution in [0.3, 0.4) is 0 Å². The number of hydrogen-bond donors (Lipinski definition) is 0. The van der Waals surface area contributed by atoms with E-state index in [0.717, 1.165) is 56.3 Å². The maximum atomic E-state index is 5.85. The van der Waals surface area contributed by atoms with Gasteiger partial charge >= 0.3 is 0 Å². The third kappa shape index (κ3) is 4.84. The standard InChI is InChI=1S/C22H37N5O/c1-17-6-4-5-7-21(17)26-12-10-25(11-13-26)16-20-8-9-23-22(24-20)27-14-18(2)28-19(3)15-27/h8-9,17-19,21H,4-7,10-16H2,1-3H3/t17-,18-,19-,21-/m1/s1. The van der Waals surface area contributed by atoms with Gasteiger partial charge in [0.15, 0.2) is 0 Å². The van der Waals surface area contributed by atoms with Crippen molar-refractivity contribution in [2.75, 3.05) is 44.2 Å². The van der Waals surface area contributed by atoms with E-state index in [1.165, 1.54) is 38.8 Å². The summed E-state index contributed by atoms with van der Waals surface area (Å²) in [5.41, 5.74) is 1.14. The minimum Gasteiger partial charge on any atom is -0.372 e. The predicted molar refractivity (Wildman–Crippen MR) is 113 cm³/mol. The molecule has 3 heterocycles.